The van der Waals surface area contributed by atoms with Crippen LogP contribution in [0.5, 0.6) is 0 Å². The first kappa shape index (κ1) is 12.7. The van der Waals surface area contributed by atoms with Gasteiger partial charge in [0.15, 0.2) is 0 Å². The van der Waals surface area contributed by atoms with Crippen molar-refractivity contribution in [1.29, 1.82) is 0 Å². The SMILES string of the molecule is NCCC1CCN(C(=O)C2Cc3ccccc32)CC1. The van der Waals surface area contributed by atoms with E-state index in [1.165, 1.54) is 11.1 Å². The lowest BCUT2D eigenvalue weighted by atomic mass is 9.76. The Morgan fingerprint density at radius 3 is 2.68 bits per heavy atom. The van der Waals surface area contributed by atoms with E-state index in [-0.39, 0.29) is 5.92 Å². The lowest BCUT2D eigenvalue weighted by Gasteiger charge is -2.37. The molecular formula is C16H22N2O. The average molecular weight is 258 g/mol. The Bertz CT molecular complexity index is 464. The number of benzene rings is 1. The van der Waals surface area contributed by atoms with Crippen molar-refractivity contribution >= 4 is 5.91 Å². The molecule has 1 unspecified atom stereocenters. The second-order valence-electron chi connectivity index (χ2n) is 5.80. The van der Waals surface area contributed by atoms with Crippen molar-refractivity contribution in [3.8, 4) is 0 Å². The van der Waals surface area contributed by atoms with Gasteiger partial charge in [0.05, 0.1) is 5.92 Å². The lowest BCUT2D eigenvalue weighted by molar-refractivity contribution is -0.134. The molecule has 19 heavy (non-hydrogen) atoms. The summed E-state index contributed by atoms with van der Waals surface area (Å²) in [5.41, 5.74) is 8.20. The maximum atomic E-state index is 12.5. The molecule has 1 aliphatic carbocycles. The van der Waals surface area contributed by atoms with Gasteiger partial charge in [0.1, 0.15) is 0 Å². The van der Waals surface area contributed by atoms with Crippen LogP contribution in [0.3, 0.4) is 0 Å². The molecule has 1 amide bonds. The molecule has 2 N–H and O–H groups in total. The van der Waals surface area contributed by atoms with Gasteiger partial charge in [-0.1, -0.05) is 24.3 Å². The smallest absolute Gasteiger partial charge is 0.230 e. The van der Waals surface area contributed by atoms with Crippen molar-refractivity contribution in [2.24, 2.45) is 11.7 Å². The molecule has 0 saturated carbocycles. The van der Waals surface area contributed by atoms with Gasteiger partial charge in [-0.25, -0.2) is 0 Å². The summed E-state index contributed by atoms with van der Waals surface area (Å²) >= 11 is 0. The second-order valence-corrected chi connectivity index (χ2v) is 5.80. The summed E-state index contributed by atoms with van der Waals surface area (Å²) in [5, 5.41) is 0. The van der Waals surface area contributed by atoms with Gasteiger partial charge < -0.3 is 10.6 Å². The van der Waals surface area contributed by atoms with Gasteiger partial charge in [0.25, 0.3) is 0 Å². The molecule has 1 fully saturated rings. The topological polar surface area (TPSA) is 46.3 Å². The molecule has 3 nitrogen and oxygen atoms in total. The van der Waals surface area contributed by atoms with Crippen molar-refractivity contribution in [2.45, 2.75) is 31.6 Å². The Kier molecular flexibility index (Phi) is 3.56. The van der Waals surface area contributed by atoms with Crippen LogP contribution in [0.25, 0.3) is 0 Å². The largest absolute Gasteiger partial charge is 0.342 e. The third kappa shape index (κ3) is 2.39. The first-order valence-electron chi connectivity index (χ1n) is 7.36. The van der Waals surface area contributed by atoms with Crippen molar-refractivity contribution in [2.75, 3.05) is 19.6 Å². The van der Waals surface area contributed by atoms with Crippen LogP contribution >= 0.6 is 0 Å². The van der Waals surface area contributed by atoms with Crippen molar-refractivity contribution in [3.63, 3.8) is 0 Å². The van der Waals surface area contributed by atoms with E-state index >= 15 is 0 Å². The Morgan fingerprint density at radius 1 is 1.26 bits per heavy atom. The van der Waals surface area contributed by atoms with Crippen molar-refractivity contribution < 1.29 is 4.79 Å². The van der Waals surface area contributed by atoms with E-state index in [1.54, 1.807) is 0 Å². The molecule has 0 radical (unpaired) electrons. The summed E-state index contributed by atoms with van der Waals surface area (Å²) in [6, 6.07) is 8.32. The zero-order chi connectivity index (χ0) is 13.2. The highest BCUT2D eigenvalue weighted by Crippen LogP contribution is 2.37. The number of carbonyl (C=O) groups excluding carboxylic acids is 1. The normalized spacial score (nSPS) is 22.8. The van der Waals surface area contributed by atoms with E-state index in [4.69, 9.17) is 5.73 Å². The molecule has 1 aliphatic heterocycles. The first-order chi connectivity index (χ1) is 9.29. The molecule has 0 bridgehead atoms. The van der Waals surface area contributed by atoms with Gasteiger partial charge in [-0.15, -0.1) is 0 Å². The average Bonchev–Trinajstić information content (AvgIpc) is 2.41. The van der Waals surface area contributed by atoms with Crippen LogP contribution in [0.15, 0.2) is 24.3 Å². The van der Waals surface area contributed by atoms with Crippen molar-refractivity contribution in [3.05, 3.63) is 35.4 Å². The van der Waals surface area contributed by atoms with Gasteiger partial charge in [0, 0.05) is 13.1 Å². The van der Waals surface area contributed by atoms with Crippen molar-refractivity contribution in [1.82, 2.24) is 4.90 Å². The van der Waals surface area contributed by atoms with E-state index in [2.05, 4.69) is 23.1 Å². The Morgan fingerprint density at radius 2 is 2.00 bits per heavy atom. The fourth-order valence-electron chi connectivity index (χ4n) is 3.38. The molecular weight excluding hydrogens is 236 g/mol. The van der Waals surface area contributed by atoms with E-state index < -0.39 is 0 Å². The highest BCUT2D eigenvalue weighted by atomic mass is 16.2. The summed E-state index contributed by atoms with van der Waals surface area (Å²) in [6.07, 6.45) is 4.28. The molecule has 3 rings (SSSR count). The molecule has 1 heterocycles. The Labute approximate surface area is 114 Å². The lowest BCUT2D eigenvalue weighted by Crippen LogP contribution is -2.43. The number of carbonyl (C=O) groups is 1. The molecule has 0 aromatic heterocycles. The number of amides is 1. The minimum absolute atomic E-state index is 0.127. The van der Waals surface area contributed by atoms with Crippen LogP contribution in [0.4, 0.5) is 0 Å². The predicted octanol–water partition coefficient (Wildman–Crippen LogP) is 1.91. The molecule has 1 aromatic rings. The monoisotopic (exact) mass is 258 g/mol. The predicted molar refractivity (Wildman–Crippen MR) is 75.9 cm³/mol. The number of nitrogens with zero attached hydrogens (tertiary/aromatic N) is 1. The Balaban J connectivity index is 1.59. The minimum atomic E-state index is 0.127. The molecule has 1 aromatic carbocycles. The number of rotatable bonds is 3. The number of piperidine rings is 1. The van der Waals surface area contributed by atoms with E-state index in [0.29, 0.717) is 5.91 Å². The molecule has 2 aliphatic rings. The second kappa shape index (κ2) is 5.33. The number of nitrogens with two attached hydrogens (primary N) is 1. The fourth-order valence-corrected chi connectivity index (χ4v) is 3.38. The number of fused-ring (bicyclic) bond motifs is 1. The van der Waals surface area contributed by atoms with Gasteiger partial charge >= 0.3 is 0 Å². The molecule has 1 saturated heterocycles. The quantitative estimate of drug-likeness (QED) is 0.900. The standard InChI is InChI=1S/C16H22N2O/c17-8-5-12-6-9-18(10-7-12)16(19)15-11-13-3-1-2-4-14(13)15/h1-4,12,15H,5-11,17H2. The highest BCUT2D eigenvalue weighted by Gasteiger charge is 2.35. The third-order valence-corrected chi connectivity index (χ3v) is 4.65. The zero-order valence-electron chi connectivity index (χ0n) is 11.3. The van der Waals surface area contributed by atoms with Crippen LogP contribution in [-0.2, 0) is 11.2 Å². The number of hydrogen-bond acceptors (Lipinski definition) is 2. The molecule has 3 heteroatoms. The maximum Gasteiger partial charge on any atom is 0.230 e. The van der Waals surface area contributed by atoms with Crippen LogP contribution in [0, 0.1) is 5.92 Å². The molecule has 102 valence electrons. The van der Waals surface area contributed by atoms with E-state index in [0.717, 1.165) is 51.2 Å². The number of likely N-dealkylation sites (tertiary alicyclic amines) is 1. The summed E-state index contributed by atoms with van der Waals surface area (Å²) < 4.78 is 0. The van der Waals surface area contributed by atoms with Crippen LogP contribution in [0.1, 0.15) is 36.3 Å². The third-order valence-electron chi connectivity index (χ3n) is 4.65. The van der Waals surface area contributed by atoms with Crippen LogP contribution < -0.4 is 5.73 Å². The maximum absolute atomic E-state index is 12.5. The highest BCUT2D eigenvalue weighted by molar-refractivity contribution is 5.87. The van der Waals surface area contributed by atoms with Gasteiger partial charge in [-0.2, -0.15) is 0 Å². The van der Waals surface area contributed by atoms with Crippen LogP contribution in [-0.4, -0.2) is 30.4 Å². The fraction of sp³-hybridized carbons (Fsp3) is 0.562. The van der Waals surface area contributed by atoms with Gasteiger partial charge in [0.2, 0.25) is 5.91 Å². The van der Waals surface area contributed by atoms with Gasteiger partial charge in [-0.05, 0) is 49.3 Å². The van der Waals surface area contributed by atoms with E-state index in [1.807, 2.05) is 6.07 Å². The summed E-state index contributed by atoms with van der Waals surface area (Å²) in [7, 11) is 0. The first-order valence-corrected chi connectivity index (χ1v) is 7.36. The van der Waals surface area contributed by atoms with E-state index in [9.17, 15) is 4.79 Å². The molecule has 0 spiro atoms. The summed E-state index contributed by atoms with van der Waals surface area (Å²) in [5.74, 6) is 1.19. The summed E-state index contributed by atoms with van der Waals surface area (Å²) in [4.78, 5) is 14.6. The minimum Gasteiger partial charge on any atom is -0.342 e. The van der Waals surface area contributed by atoms with Gasteiger partial charge in [-0.3, -0.25) is 4.79 Å². The number of hydrogen-bond donors (Lipinski definition) is 1. The molecule has 1 atom stereocenters. The zero-order valence-corrected chi connectivity index (χ0v) is 11.3. The Hall–Kier alpha value is -1.35. The summed E-state index contributed by atoms with van der Waals surface area (Å²) in [6.45, 7) is 2.61. The van der Waals surface area contributed by atoms with Crippen LogP contribution in [0.2, 0.25) is 0 Å².